The van der Waals surface area contributed by atoms with E-state index in [4.69, 9.17) is 5.73 Å². The highest BCUT2D eigenvalue weighted by Crippen LogP contribution is 2.33. The molecule has 3 heteroatoms. The summed E-state index contributed by atoms with van der Waals surface area (Å²) >= 11 is 0. The minimum Gasteiger partial charge on any atom is -0.366 e. The predicted molar refractivity (Wildman–Crippen MR) is 74.3 cm³/mol. The van der Waals surface area contributed by atoms with Gasteiger partial charge in [0.05, 0.1) is 5.69 Å². The number of hydrogen-bond donors (Lipinski definition) is 1. The molecule has 0 aliphatic carbocycles. The van der Waals surface area contributed by atoms with Gasteiger partial charge >= 0.3 is 0 Å². The molecule has 0 spiro atoms. The number of para-hydroxylation sites is 1. The van der Waals surface area contributed by atoms with Crippen molar-refractivity contribution < 1.29 is 4.39 Å². The number of rotatable bonds is 3. The van der Waals surface area contributed by atoms with Crippen molar-refractivity contribution in [2.75, 3.05) is 11.4 Å². The normalized spacial score (nSPS) is 25.5. The monoisotopic (exact) mass is 250 g/mol. The van der Waals surface area contributed by atoms with Crippen LogP contribution in [0.2, 0.25) is 0 Å². The summed E-state index contributed by atoms with van der Waals surface area (Å²) in [6.45, 7) is 7.30. The van der Waals surface area contributed by atoms with Gasteiger partial charge in [0, 0.05) is 18.6 Å². The fourth-order valence-corrected chi connectivity index (χ4v) is 3.00. The molecule has 1 aliphatic rings. The van der Waals surface area contributed by atoms with Crippen LogP contribution in [0.5, 0.6) is 0 Å². The minimum atomic E-state index is -0.117. The first-order valence-corrected chi connectivity index (χ1v) is 6.78. The van der Waals surface area contributed by atoms with Crippen molar-refractivity contribution >= 4 is 5.69 Å². The lowest BCUT2D eigenvalue weighted by atomic mass is 10.0. The lowest BCUT2D eigenvalue weighted by molar-refractivity contribution is 0.606. The number of hydrogen-bond acceptors (Lipinski definition) is 2. The maximum atomic E-state index is 14.2. The molecule has 1 aliphatic heterocycles. The van der Waals surface area contributed by atoms with Gasteiger partial charge in [0.15, 0.2) is 0 Å². The van der Waals surface area contributed by atoms with Gasteiger partial charge in [0.1, 0.15) is 5.82 Å². The number of nitrogens with zero attached hydrogens (tertiary/aromatic N) is 1. The highest BCUT2D eigenvalue weighted by Gasteiger charge is 2.29. The molecule has 0 saturated carbocycles. The van der Waals surface area contributed by atoms with Gasteiger partial charge in [-0.2, -0.15) is 0 Å². The summed E-state index contributed by atoms with van der Waals surface area (Å²) < 4.78 is 14.2. The molecule has 2 rings (SSSR count). The summed E-state index contributed by atoms with van der Waals surface area (Å²) in [4.78, 5) is 2.21. The molecule has 0 bridgehead atoms. The zero-order valence-corrected chi connectivity index (χ0v) is 11.5. The first-order valence-electron chi connectivity index (χ1n) is 6.78. The summed E-state index contributed by atoms with van der Waals surface area (Å²) in [7, 11) is 0. The van der Waals surface area contributed by atoms with Crippen LogP contribution in [-0.2, 0) is 6.42 Å². The van der Waals surface area contributed by atoms with Crippen molar-refractivity contribution in [1.29, 1.82) is 0 Å². The molecule has 3 atom stereocenters. The molecule has 0 aromatic heterocycles. The van der Waals surface area contributed by atoms with Crippen molar-refractivity contribution in [2.24, 2.45) is 11.7 Å². The first kappa shape index (κ1) is 13.3. The average Bonchev–Trinajstić information content (AvgIpc) is 2.57. The van der Waals surface area contributed by atoms with Crippen LogP contribution in [0.1, 0.15) is 32.8 Å². The standard InChI is InChI=1S/C15H23FN2/c1-10-7-12(3)18(9-10)15-13(8-11(2)17)5-4-6-14(15)16/h4-6,10-12H,7-9,17H2,1-3H3. The van der Waals surface area contributed by atoms with Gasteiger partial charge in [-0.05, 0) is 44.2 Å². The van der Waals surface area contributed by atoms with E-state index < -0.39 is 0 Å². The van der Waals surface area contributed by atoms with Crippen molar-refractivity contribution in [3.63, 3.8) is 0 Å². The third-order valence-electron chi connectivity index (χ3n) is 3.68. The molecular weight excluding hydrogens is 227 g/mol. The summed E-state index contributed by atoms with van der Waals surface area (Å²) in [5.74, 6) is 0.511. The van der Waals surface area contributed by atoms with Crippen molar-refractivity contribution in [3.05, 3.63) is 29.6 Å². The van der Waals surface area contributed by atoms with Crippen molar-refractivity contribution in [1.82, 2.24) is 0 Å². The highest BCUT2D eigenvalue weighted by molar-refractivity contribution is 5.56. The quantitative estimate of drug-likeness (QED) is 0.893. The largest absolute Gasteiger partial charge is 0.366 e. The first-order chi connectivity index (χ1) is 8.49. The third kappa shape index (κ3) is 2.66. The van der Waals surface area contributed by atoms with Gasteiger partial charge in [-0.3, -0.25) is 0 Å². The number of benzene rings is 1. The Hall–Kier alpha value is -1.09. The molecule has 100 valence electrons. The summed E-state index contributed by atoms with van der Waals surface area (Å²) in [5, 5.41) is 0. The average molecular weight is 250 g/mol. The second-order valence-corrected chi connectivity index (χ2v) is 5.77. The molecule has 3 unspecified atom stereocenters. The van der Waals surface area contributed by atoms with Gasteiger partial charge in [-0.1, -0.05) is 19.1 Å². The second-order valence-electron chi connectivity index (χ2n) is 5.77. The lowest BCUT2D eigenvalue weighted by Gasteiger charge is -2.27. The van der Waals surface area contributed by atoms with Crippen LogP contribution in [-0.4, -0.2) is 18.6 Å². The number of halogens is 1. The van der Waals surface area contributed by atoms with E-state index in [2.05, 4.69) is 18.7 Å². The van der Waals surface area contributed by atoms with E-state index in [9.17, 15) is 4.39 Å². The number of nitrogens with two attached hydrogens (primary N) is 1. The Labute approximate surface area is 109 Å². The van der Waals surface area contributed by atoms with Crippen LogP contribution in [0, 0.1) is 11.7 Å². The molecule has 0 radical (unpaired) electrons. The lowest BCUT2D eigenvalue weighted by Crippen LogP contribution is -2.30. The molecule has 18 heavy (non-hydrogen) atoms. The third-order valence-corrected chi connectivity index (χ3v) is 3.68. The van der Waals surface area contributed by atoms with Gasteiger partial charge < -0.3 is 10.6 Å². The smallest absolute Gasteiger partial charge is 0.146 e. The topological polar surface area (TPSA) is 29.3 Å². The van der Waals surface area contributed by atoms with Crippen LogP contribution >= 0.6 is 0 Å². The van der Waals surface area contributed by atoms with Crippen LogP contribution in [0.15, 0.2) is 18.2 Å². The Bertz CT molecular complexity index is 417. The van der Waals surface area contributed by atoms with Crippen LogP contribution in [0.3, 0.4) is 0 Å². The molecular formula is C15H23FN2. The maximum absolute atomic E-state index is 14.2. The van der Waals surface area contributed by atoms with E-state index in [-0.39, 0.29) is 11.9 Å². The van der Waals surface area contributed by atoms with Gasteiger partial charge in [0.25, 0.3) is 0 Å². The summed E-state index contributed by atoms with van der Waals surface area (Å²) in [5.41, 5.74) is 7.67. The van der Waals surface area contributed by atoms with E-state index in [1.807, 2.05) is 13.0 Å². The Morgan fingerprint density at radius 1 is 1.44 bits per heavy atom. The molecule has 0 amide bonds. The van der Waals surface area contributed by atoms with Crippen molar-refractivity contribution in [3.8, 4) is 0 Å². The van der Waals surface area contributed by atoms with Gasteiger partial charge in [-0.25, -0.2) is 4.39 Å². The summed E-state index contributed by atoms with van der Waals surface area (Å²) in [6, 6.07) is 5.79. The maximum Gasteiger partial charge on any atom is 0.146 e. The Morgan fingerprint density at radius 3 is 2.72 bits per heavy atom. The van der Waals surface area contributed by atoms with Crippen LogP contribution in [0.4, 0.5) is 10.1 Å². The second kappa shape index (κ2) is 5.27. The van der Waals surface area contributed by atoms with Crippen LogP contribution < -0.4 is 10.6 Å². The molecule has 1 aromatic carbocycles. The van der Waals surface area contributed by atoms with E-state index >= 15 is 0 Å². The zero-order chi connectivity index (χ0) is 13.3. The Morgan fingerprint density at radius 2 is 2.17 bits per heavy atom. The minimum absolute atomic E-state index is 0.0564. The molecule has 1 fully saturated rings. The molecule has 2 nitrogen and oxygen atoms in total. The predicted octanol–water partition coefficient (Wildman–Crippen LogP) is 2.95. The molecule has 1 aromatic rings. The fourth-order valence-electron chi connectivity index (χ4n) is 3.00. The molecule has 1 heterocycles. The molecule has 1 saturated heterocycles. The Kier molecular flexibility index (Phi) is 3.91. The molecule has 2 N–H and O–H groups in total. The highest BCUT2D eigenvalue weighted by atomic mass is 19.1. The fraction of sp³-hybridized carbons (Fsp3) is 0.600. The number of anilines is 1. The SMILES string of the molecule is CC(N)Cc1cccc(F)c1N1CC(C)CC1C. The van der Waals surface area contributed by atoms with Gasteiger partial charge in [0.2, 0.25) is 0 Å². The van der Waals surface area contributed by atoms with Crippen LogP contribution in [0.25, 0.3) is 0 Å². The van der Waals surface area contributed by atoms with E-state index in [1.165, 1.54) is 0 Å². The zero-order valence-electron chi connectivity index (χ0n) is 11.5. The summed E-state index contributed by atoms with van der Waals surface area (Å²) in [6.07, 6.45) is 1.86. The van der Waals surface area contributed by atoms with E-state index in [0.717, 1.165) is 30.6 Å². The Balaban J connectivity index is 2.36. The van der Waals surface area contributed by atoms with E-state index in [1.54, 1.807) is 12.1 Å². The van der Waals surface area contributed by atoms with Gasteiger partial charge in [-0.15, -0.1) is 0 Å². The van der Waals surface area contributed by atoms with E-state index in [0.29, 0.717) is 12.0 Å². The van der Waals surface area contributed by atoms with Crippen molar-refractivity contribution in [2.45, 2.75) is 45.7 Å².